The van der Waals surface area contributed by atoms with Gasteiger partial charge in [-0.05, 0) is 50.0 Å². The van der Waals surface area contributed by atoms with Crippen molar-refractivity contribution >= 4 is 33.3 Å². The van der Waals surface area contributed by atoms with Gasteiger partial charge in [0.2, 0.25) is 10.0 Å². The van der Waals surface area contributed by atoms with Crippen molar-refractivity contribution in [3.05, 3.63) is 40.7 Å². The standard InChI is InChI=1S/C21H23N3O5S/c25-20-14-3-1-2-4-17(14)22-19(20)12-16-15-11-13(5-6-18(15)23-21(16)26)30(27,28)24-7-9-29-10-8-24/h5-6,11-12,22,25H,1-4,7-10H2,(H,23,26). The minimum Gasteiger partial charge on any atom is -0.505 e. The van der Waals surface area contributed by atoms with Gasteiger partial charge in [0.25, 0.3) is 5.91 Å². The van der Waals surface area contributed by atoms with Crippen LogP contribution < -0.4 is 5.32 Å². The second-order valence-electron chi connectivity index (χ2n) is 7.79. The smallest absolute Gasteiger partial charge is 0.256 e. The molecule has 0 saturated carbocycles. The Balaban J connectivity index is 1.55. The third-order valence-electron chi connectivity index (χ3n) is 5.96. The van der Waals surface area contributed by atoms with Gasteiger partial charge in [-0.3, -0.25) is 4.79 Å². The maximum absolute atomic E-state index is 13.0. The third kappa shape index (κ3) is 3.13. The van der Waals surface area contributed by atoms with Crippen LogP contribution in [0.25, 0.3) is 11.6 Å². The number of anilines is 1. The van der Waals surface area contributed by atoms with Crippen molar-refractivity contribution in [1.82, 2.24) is 9.29 Å². The number of carbonyl (C=O) groups is 1. The molecule has 0 bridgehead atoms. The molecular formula is C21H23N3O5S. The van der Waals surface area contributed by atoms with E-state index in [0.29, 0.717) is 48.8 Å². The molecule has 5 rings (SSSR count). The Morgan fingerprint density at radius 3 is 2.67 bits per heavy atom. The first-order valence-electron chi connectivity index (χ1n) is 10.1. The fourth-order valence-corrected chi connectivity index (χ4v) is 5.78. The molecule has 3 aliphatic rings. The van der Waals surface area contributed by atoms with E-state index in [2.05, 4.69) is 10.3 Å². The Kier molecular flexibility index (Phi) is 4.68. The van der Waals surface area contributed by atoms with Crippen LogP contribution in [0.2, 0.25) is 0 Å². The van der Waals surface area contributed by atoms with Gasteiger partial charge in [0.15, 0.2) is 0 Å². The minimum absolute atomic E-state index is 0.139. The van der Waals surface area contributed by atoms with E-state index in [4.69, 9.17) is 4.74 Å². The van der Waals surface area contributed by atoms with Crippen LogP contribution in [-0.2, 0) is 32.4 Å². The summed E-state index contributed by atoms with van der Waals surface area (Å²) in [4.78, 5) is 16.0. The molecule has 158 valence electrons. The topological polar surface area (TPSA) is 112 Å². The number of nitrogens with one attached hydrogen (secondary N) is 2. The van der Waals surface area contributed by atoms with Crippen LogP contribution >= 0.6 is 0 Å². The Hall–Kier alpha value is -2.62. The summed E-state index contributed by atoms with van der Waals surface area (Å²) in [7, 11) is -3.68. The van der Waals surface area contributed by atoms with Crippen molar-refractivity contribution in [2.45, 2.75) is 30.6 Å². The van der Waals surface area contributed by atoms with Crippen molar-refractivity contribution in [3.8, 4) is 5.75 Å². The average molecular weight is 429 g/mol. The molecule has 0 spiro atoms. The number of aromatic amines is 1. The zero-order valence-corrected chi connectivity index (χ0v) is 17.2. The van der Waals surface area contributed by atoms with Crippen LogP contribution in [0.15, 0.2) is 23.1 Å². The molecule has 1 amide bonds. The highest BCUT2D eigenvalue weighted by Crippen LogP contribution is 2.38. The molecule has 9 heteroatoms. The zero-order valence-electron chi connectivity index (χ0n) is 16.4. The lowest BCUT2D eigenvalue weighted by molar-refractivity contribution is -0.110. The number of ether oxygens (including phenoxy) is 1. The van der Waals surface area contributed by atoms with Gasteiger partial charge < -0.3 is 20.1 Å². The molecule has 1 aliphatic carbocycles. The van der Waals surface area contributed by atoms with Gasteiger partial charge in [-0.2, -0.15) is 4.31 Å². The molecule has 3 N–H and O–H groups in total. The average Bonchev–Trinajstić information content (AvgIpc) is 3.25. The molecule has 0 unspecified atom stereocenters. The Morgan fingerprint density at radius 2 is 1.90 bits per heavy atom. The number of rotatable bonds is 3. The van der Waals surface area contributed by atoms with E-state index in [1.807, 2.05) is 0 Å². The van der Waals surface area contributed by atoms with Gasteiger partial charge in [-0.1, -0.05) is 0 Å². The van der Waals surface area contributed by atoms with Crippen molar-refractivity contribution in [1.29, 1.82) is 0 Å². The fraction of sp³-hybridized carbons (Fsp3) is 0.381. The Morgan fingerprint density at radius 1 is 1.13 bits per heavy atom. The van der Waals surface area contributed by atoms with E-state index in [1.165, 1.54) is 16.4 Å². The number of morpholine rings is 1. The molecule has 1 aromatic carbocycles. The van der Waals surface area contributed by atoms with Crippen LogP contribution in [0.4, 0.5) is 5.69 Å². The van der Waals surface area contributed by atoms with Gasteiger partial charge in [0.05, 0.1) is 29.4 Å². The lowest BCUT2D eigenvalue weighted by atomic mass is 9.97. The molecule has 2 aliphatic heterocycles. The van der Waals surface area contributed by atoms with Gasteiger partial charge in [-0.25, -0.2) is 8.42 Å². The van der Waals surface area contributed by atoms with E-state index in [1.54, 1.807) is 12.1 Å². The van der Waals surface area contributed by atoms with E-state index in [9.17, 15) is 18.3 Å². The predicted molar refractivity (Wildman–Crippen MR) is 112 cm³/mol. The van der Waals surface area contributed by atoms with Crippen molar-refractivity contribution in [2.75, 3.05) is 31.6 Å². The number of aromatic nitrogens is 1. The molecule has 1 fully saturated rings. The number of benzene rings is 1. The van der Waals surface area contributed by atoms with Crippen molar-refractivity contribution < 1.29 is 23.1 Å². The van der Waals surface area contributed by atoms with E-state index in [-0.39, 0.29) is 16.6 Å². The second-order valence-corrected chi connectivity index (χ2v) is 9.73. The summed E-state index contributed by atoms with van der Waals surface area (Å²) in [5.41, 5.74) is 3.81. The SMILES string of the molecule is O=C1Nc2ccc(S(=O)(=O)N3CCOCC3)cc2C1=Cc1[nH]c2c(c1O)CCCC2. The van der Waals surface area contributed by atoms with Gasteiger partial charge >= 0.3 is 0 Å². The number of hydrogen-bond acceptors (Lipinski definition) is 5. The number of aromatic hydroxyl groups is 1. The summed E-state index contributed by atoms with van der Waals surface area (Å²) in [6.45, 7) is 1.35. The quantitative estimate of drug-likeness (QED) is 0.647. The minimum atomic E-state index is -3.68. The second kappa shape index (κ2) is 7.26. The summed E-state index contributed by atoms with van der Waals surface area (Å²) in [5.74, 6) is -0.145. The molecule has 2 aromatic rings. The number of nitrogens with zero attached hydrogens (tertiary/aromatic N) is 1. The lowest BCUT2D eigenvalue weighted by Crippen LogP contribution is -2.40. The van der Waals surface area contributed by atoms with Crippen molar-refractivity contribution in [3.63, 3.8) is 0 Å². The number of hydrogen-bond donors (Lipinski definition) is 3. The predicted octanol–water partition coefficient (Wildman–Crippen LogP) is 2.11. The number of carbonyl (C=O) groups excluding carboxylic acids is 1. The molecule has 1 saturated heterocycles. The van der Waals surface area contributed by atoms with Crippen LogP contribution in [0, 0.1) is 0 Å². The van der Waals surface area contributed by atoms with Crippen LogP contribution in [0.5, 0.6) is 5.75 Å². The van der Waals surface area contributed by atoms with E-state index < -0.39 is 10.0 Å². The normalized spacial score (nSPS) is 20.8. The molecule has 3 heterocycles. The Labute approximate surface area is 174 Å². The first kappa shape index (κ1) is 19.3. The summed E-state index contributed by atoms with van der Waals surface area (Å²) in [6.07, 6.45) is 5.39. The number of sulfonamides is 1. The maximum Gasteiger partial charge on any atom is 0.256 e. The van der Waals surface area contributed by atoms with Gasteiger partial charge in [0, 0.05) is 35.6 Å². The first-order chi connectivity index (χ1) is 14.4. The molecule has 1 aromatic heterocycles. The van der Waals surface area contributed by atoms with Crippen LogP contribution in [0.1, 0.15) is 35.4 Å². The molecule has 0 radical (unpaired) electrons. The lowest BCUT2D eigenvalue weighted by Gasteiger charge is -2.26. The number of amides is 1. The highest BCUT2D eigenvalue weighted by Gasteiger charge is 2.31. The number of fused-ring (bicyclic) bond motifs is 2. The van der Waals surface area contributed by atoms with Crippen LogP contribution in [0.3, 0.4) is 0 Å². The summed E-state index contributed by atoms with van der Waals surface area (Å²) < 4.78 is 32.7. The highest BCUT2D eigenvalue weighted by atomic mass is 32.2. The van der Waals surface area contributed by atoms with Gasteiger partial charge in [-0.15, -0.1) is 0 Å². The number of aryl methyl sites for hydroxylation is 1. The van der Waals surface area contributed by atoms with Crippen LogP contribution in [-0.4, -0.2) is 55.0 Å². The van der Waals surface area contributed by atoms with Gasteiger partial charge in [0.1, 0.15) is 5.75 Å². The molecule has 8 nitrogen and oxygen atoms in total. The van der Waals surface area contributed by atoms with E-state index in [0.717, 1.165) is 36.9 Å². The molecular weight excluding hydrogens is 406 g/mol. The zero-order chi connectivity index (χ0) is 20.9. The monoisotopic (exact) mass is 429 g/mol. The third-order valence-corrected chi connectivity index (χ3v) is 7.86. The number of H-pyrrole nitrogens is 1. The summed E-state index contributed by atoms with van der Waals surface area (Å²) in [5, 5.41) is 13.4. The largest absolute Gasteiger partial charge is 0.505 e. The fourth-order valence-electron chi connectivity index (χ4n) is 4.34. The first-order valence-corrected chi connectivity index (χ1v) is 11.6. The van der Waals surface area contributed by atoms with E-state index >= 15 is 0 Å². The molecule has 0 atom stereocenters. The summed E-state index contributed by atoms with van der Waals surface area (Å²) in [6, 6.07) is 4.66. The Bertz CT molecular complexity index is 1160. The summed E-state index contributed by atoms with van der Waals surface area (Å²) >= 11 is 0. The maximum atomic E-state index is 13.0. The molecule has 30 heavy (non-hydrogen) atoms. The highest BCUT2D eigenvalue weighted by molar-refractivity contribution is 7.89. The van der Waals surface area contributed by atoms with Crippen molar-refractivity contribution in [2.24, 2.45) is 0 Å².